The predicted molar refractivity (Wildman–Crippen MR) is 293 cm³/mol. The molecule has 11 nitrogen and oxygen atoms in total. The first-order valence-corrected chi connectivity index (χ1v) is 30.2. The molecule has 420 valence electrons. The van der Waals surface area contributed by atoms with Crippen LogP contribution >= 0.6 is 0 Å². The fourth-order valence-electron chi connectivity index (χ4n) is 9.79. The van der Waals surface area contributed by atoms with Gasteiger partial charge in [0.1, 0.15) is 36.6 Å². The summed E-state index contributed by atoms with van der Waals surface area (Å²) >= 11 is 0. The predicted octanol–water partition coefficient (Wildman–Crippen LogP) is 12.9. The van der Waals surface area contributed by atoms with Gasteiger partial charge in [0.2, 0.25) is 5.91 Å². The van der Waals surface area contributed by atoms with Crippen molar-refractivity contribution in [1.29, 1.82) is 0 Å². The Kier molecular flexibility index (Phi) is 47.1. The minimum absolute atomic E-state index is 0.248. The summed E-state index contributed by atoms with van der Waals surface area (Å²) in [6, 6.07) is -1.19. The third-order valence-electron chi connectivity index (χ3n) is 14.7. The van der Waals surface area contributed by atoms with Crippen LogP contribution < -0.4 is 5.32 Å². The van der Waals surface area contributed by atoms with Crippen molar-refractivity contribution in [3.8, 4) is 0 Å². The molecule has 9 unspecified atom stereocenters. The summed E-state index contributed by atoms with van der Waals surface area (Å²) in [4.78, 5) is 13.2. The van der Waals surface area contributed by atoms with Crippen LogP contribution in [-0.2, 0) is 14.3 Å². The number of aliphatic hydroxyl groups excluding tert-OH is 7. The van der Waals surface area contributed by atoms with Crippen molar-refractivity contribution >= 4 is 5.91 Å². The maximum atomic E-state index is 13.2. The normalized spacial score (nSPS) is 20.3. The van der Waals surface area contributed by atoms with Crippen LogP contribution in [0.3, 0.4) is 0 Å². The molecule has 8 N–H and O–H groups in total. The van der Waals surface area contributed by atoms with Crippen LogP contribution in [0, 0.1) is 0 Å². The van der Waals surface area contributed by atoms with Crippen molar-refractivity contribution in [2.45, 2.75) is 339 Å². The van der Waals surface area contributed by atoms with E-state index in [1.807, 2.05) is 0 Å². The van der Waals surface area contributed by atoms with Gasteiger partial charge in [0.05, 0.1) is 25.4 Å². The number of allylic oxidation sites excluding steroid dienone is 4. The number of aliphatic hydroxyl groups is 7. The van der Waals surface area contributed by atoms with E-state index in [0.717, 1.165) is 57.8 Å². The molecule has 0 aromatic carbocycles. The van der Waals surface area contributed by atoms with Crippen LogP contribution in [0.2, 0.25) is 0 Å². The molecule has 1 fully saturated rings. The molecule has 1 amide bonds. The van der Waals surface area contributed by atoms with Gasteiger partial charge in [-0.3, -0.25) is 4.79 Å². The van der Waals surface area contributed by atoms with Crippen molar-refractivity contribution in [2.75, 3.05) is 13.2 Å². The van der Waals surface area contributed by atoms with Crippen molar-refractivity contribution in [3.05, 3.63) is 24.3 Å². The van der Waals surface area contributed by atoms with Crippen LogP contribution in [0.25, 0.3) is 0 Å². The van der Waals surface area contributed by atoms with E-state index in [4.69, 9.17) is 9.47 Å². The lowest BCUT2D eigenvalue weighted by Gasteiger charge is -2.40. The fourth-order valence-corrected chi connectivity index (χ4v) is 9.79. The van der Waals surface area contributed by atoms with E-state index in [1.54, 1.807) is 0 Å². The first-order chi connectivity index (χ1) is 34.7. The Morgan fingerprint density at radius 1 is 0.479 bits per heavy atom. The lowest BCUT2D eigenvalue weighted by Crippen LogP contribution is -2.60. The van der Waals surface area contributed by atoms with Gasteiger partial charge in [-0.1, -0.05) is 244 Å². The molecule has 1 rings (SSSR count). The molecule has 1 saturated heterocycles. The Morgan fingerprint density at radius 2 is 0.831 bits per heavy atom. The van der Waals surface area contributed by atoms with Gasteiger partial charge in [0.15, 0.2) is 6.29 Å². The molecule has 71 heavy (non-hydrogen) atoms. The lowest BCUT2D eigenvalue weighted by atomic mass is 9.98. The molecule has 9 atom stereocenters. The Balaban J connectivity index is 2.31. The average molecular weight is 1010 g/mol. The highest BCUT2D eigenvalue weighted by Gasteiger charge is 2.44. The molecule has 0 spiro atoms. The quantitative estimate of drug-likeness (QED) is 0.0215. The topological polar surface area (TPSA) is 189 Å². The minimum atomic E-state index is -1.67. The third kappa shape index (κ3) is 37.9. The third-order valence-corrected chi connectivity index (χ3v) is 14.7. The highest BCUT2D eigenvalue weighted by molar-refractivity contribution is 5.80. The standard InChI is InChI=1S/C60H115NO10/c1-3-5-7-9-11-13-15-17-19-21-23-24-25-26-27-28-30-31-33-35-37-39-41-43-45-47-52(63)55(65)51(50-70-60-58(68)57(67)56(66)54(49-62)71-60)61-59(69)53(64)48-46-44-42-40-38-36-34-32-29-22-20-18-16-14-12-10-8-6-4-2/h29,32,39,41,51-58,60,62-68H,3-28,30-31,33-38,40,42-50H2,1-2H3,(H,61,69)/b32-29-,41-39+. The zero-order chi connectivity index (χ0) is 51.8. The molecular formula is C60H115NO10. The molecule has 1 aliphatic heterocycles. The van der Waals surface area contributed by atoms with Crippen LogP contribution in [0.1, 0.15) is 284 Å². The second kappa shape index (κ2) is 49.5. The van der Waals surface area contributed by atoms with Crippen LogP contribution in [-0.4, -0.2) is 110 Å². The number of hydrogen-bond donors (Lipinski definition) is 8. The van der Waals surface area contributed by atoms with E-state index in [9.17, 15) is 40.5 Å². The SMILES string of the molecule is CCCCCCCCCCC/C=C\CCCCCCCCC(O)C(=O)NC(COC1OC(CO)C(O)C(O)C1O)C(O)C(O)CCC/C=C/CCCCCCCCCCCCCCCCCCCCCC. The van der Waals surface area contributed by atoms with Crippen molar-refractivity contribution < 1.29 is 50.0 Å². The molecule has 1 aliphatic rings. The van der Waals surface area contributed by atoms with Gasteiger partial charge in [0.25, 0.3) is 0 Å². The number of hydrogen-bond acceptors (Lipinski definition) is 10. The maximum absolute atomic E-state index is 13.2. The number of nitrogens with one attached hydrogen (secondary N) is 1. The largest absolute Gasteiger partial charge is 0.394 e. The van der Waals surface area contributed by atoms with Gasteiger partial charge in [-0.25, -0.2) is 0 Å². The zero-order valence-corrected chi connectivity index (χ0v) is 46.0. The number of amides is 1. The first-order valence-electron chi connectivity index (χ1n) is 30.2. The Bertz CT molecular complexity index is 1200. The van der Waals surface area contributed by atoms with E-state index < -0.39 is 74.2 Å². The average Bonchev–Trinajstić information content (AvgIpc) is 3.37. The van der Waals surface area contributed by atoms with E-state index in [-0.39, 0.29) is 12.8 Å². The molecule has 1 heterocycles. The number of ether oxygens (including phenoxy) is 2. The molecule has 11 heteroatoms. The number of unbranched alkanes of at least 4 members (excludes halogenated alkanes) is 36. The first kappa shape index (κ1) is 67.6. The molecule has 0 aromatic rings. The summed E-state index contributed by atoms with van der Waals surface area (Å²) in [5.41, 5.74) is 0. The maximum Gasteiger partial charge on any atom is 0.249 e. The monoisotopic (exact) mass is 1010 g/mol. The van der Waals surface area contributed by atoms with Gasteiger partial charge in [0, 0.05) is 0 Å². The Labute approximate surface area is 435 Å². The smallest absolute Gasteiger partial charge is 0.249 e. The second-order valence-corrected chi connectivity index (χ2v) is 21.4. The molecule has 0 bridgehead atoms. The van der Waals surface area contributed by atoms with Gasteiger partial charge in [-0.2, -0.15) is 0 Å². The summed E-state index contributed by atoms with van der Waals surface area (Å²) in [5.74, 6) is -0.708. The molecule has 0 radical (unpaired) electrons. The van der Waals surface area contributed by atoms with Gasteiger partial charge in [-0.15, -0.1) is 0 Å². The number of rotatable bonds is 52. The summed E-state index contributed by atoms with van der Waals surface area (Å²) in [6.07, 6.45) is 48.1. The highest BCUT2D eigenvalue weighted by atomic mass is 16.7. The summed E-state index contributed by atoms with van der Waals surface area (Å²) < 4.78 is 11.1. The van der Waals surface area contributed by atoms with Crippen LogP contribution in [0.5, 0.6) is 0 Å². The lowest BCUT2D eigenvalue weighted by molar-refractivity contribution is -0.303. The molecule has 0 aliphatic carbocycles. The summed E-state index contributed by atoms with van der Waals surface area (Å²) in [7, 11) is 0. The van der Waals surface area contributed by atoms with E-state index in [1.165, 1.54) is 186 Å². The van der Waals surface area contributed by atoms with Crippen molar-refractivity contribution in [2.24, 2.45) is 0 Å². The van der Waals surface area contributed by atoms with Gasteiger partial charge < -0.3 is 50.5 Å². The van der Waals surface area contributed by atoms with Crippen molar-refractivity contribution in [1.82, 2.24) is 5.32 Å². The van der Waals surface area contributed by atoms with Crippen LogP contribution in [0.4, 0.5) is 0 Å². The second-order valence-electron chi connectivity index (χ2n) is 21.4. The van der Waals surface area contributed by atoms with Crippen molar-refractivity contribution in [3.63, 3.8) is 0 Å². The van der Waals surface area contributed by atoms with E-state index >= 15 is 0 Å². The molecule has 0 saturated carbocycles. The number of carbonyl (C=O) groups excluding carboxylic acids is 1. The highest BCUT2D eigenvalue weighted by Crippen LogP contribution is 2.23. The summed E-state index contributed by atoms with van der Waals surface area (Å²) in [6.45, 7) is 3.47. The Morgan fingerprint density at radius 3 is 1.21 bits per heavy atom. The molecule has 0 aromatic heterocycles. The minimum Gasteiger partial charge on any atom is -0.394 e. The van der Waals surface area contributed by atoms with E-state index in [2.05, 4.69) is 43.5 Å². The fraction of sp³-hybridized carbons (Fsp3) is 0.917. The van der Waals surface area contributed by atoms with Crippen LogP contribution in [0.15, 0.2) is 24.3 Å². The van der Waals surface area contributed by atoms with Gasteiger partial charge in [-0.05, 0) is 64.2 Å². The van der Waals surface area contributed by atoms with Gasteiger partial charge >= 0.3 is 0 Å². The Hall–Kier alpha value is -1.41. The molecular weight excluding hydrogens is 895 g/mol. The van der Waals surface area contributed by atoms with E-state index in [0.29, 0.717) is 12.8 Å². The summed E-state index contributed by atoms with van der Waals surface area (Å²) in [5, 5.41) is 76.2. The zero-order valence-electron chi connectivity index (χ0n) is 46.0. The number of carbonyl (C=O) groups is 1.